The maximum atomic E-state index is 10.6. The van der Waals surface area contributed by atoms with Crippen molar-refractivity contribution in [3.63, 3.8) is 0 Å². The predicted molar refractivity (Wildman–Crippen MR) is 106 cm³/mol. The molecular formula is C17H18N4O4S2. The zero-order valence-corrected chi connectivity index (χ0v) is 16.2. The van der Waals surface area contributed by atoms with Gasteiger partial charge in [0.25, 0.3) is 0 Å². The standard InChI is InChI=1S/C17H18N4O4S2/c1-2-21(11-12-25-27(22,23)24)14-9-7-13(8-10-14)19-20-17-18-15-5-3-4-6-16(15)26-17/h3-10H,2,11-12H2,1H3,(H,22,23,24)/b20-19+. The first-order chi connectivity index (χ1) is 12.9. The number of nitrogens with zero attached hydrogens (tertiary/aromatic N) is 4. The molecule has 8 nitrogen and oxygen atoms in total. The van der Waals surface area contributed by atoms with Crippen molar-refractivity contribution in [3.05, 3.63) is 48.5 Å². The van der Waals surface area contributed by atoms with Gasteiger partial charge in [-0.1, -0.05) is 23.5 Å². The van der Waals surface area contributed by atoms with Crippen LogP contribution in [0.2, 0.25) is 0 Å². The Kier molecular flexibility index (Phi) is 6.11. The first-order valence-corrected chi connectivity index (χ1v) is 10.4. The summed E-state index contributed by atoms with van der Waals surface area (Å²) in [5.74, 6) is 0. The zero-order chi connectivity index (χ0) is 19.3. The van der Waals surface area contributed by atoms with Gasteiger partial charge < -0.3 is 4.90 Å². The number of rotatable bonds is 8. The Morgan fingerprint density at radius 1 is 1.15 bits per heavy atom. The summed E-state index contributed by atoms with van der Waals surface area (Å²) in [6, 6.07) is 15.2. The molecule has 0 aliphatic heterocycles. The second-order valence-electron chi connectivity index (χ2n) is 5.51. The Morgan fingerprint density at radius 3 is 2.56 bits per heavy atom. The maximum Gasteiger partial charge on any atom is 0.397 e. The van der Waals surface area contributed by atoms with Gasteiger partial charge in [0.05, 0.1) is 22.5 Å². The molecule has 1 aromatic heterocycles. The fourth-order valence-corrected chi connectivity index (χ4v) is 3.53. The number of para-hydroxylation sites is 1. The number of hydrogen-bond donors (Lipinski definition) is 1. The minimum Gasteiger partial charge on any atom is -0.369 e. The topological polar surface area (TPSA) is 104 Å². The summed E-state index contributed by atoms with van der Waals surface area (Å²) in [5.41, 5.74) is 2.47. The molecule has 2 aromatic carbocycles. The van der Waals surface area contributed by atoms with E-state index in [0.29, 0.717) is 23.9 Å². The van der Waals surface area contributed by atoms with Crippen molar-refractivity contribution in [2.45, 2.75) is 6.92 Å². The van der Waals surface area contributed by atoms with E-state index in [-0.39, 0.29) is 6.61 Å². The van der Waals surface area contributed by atoms with E-state index in [4.69, 9.17) is 4.55 Å². The Balaban J connectivity index is 1.64. The van der Waals surface area contributed by atoms with Gasteiger partial charge in [-0.25, -0.2) is 9.17 Å². The van der Waals surface area contributed by atoms with Gasteiger partial charge in [0.1, 0.15) is 0 Å². The summed E-state index contributed by atoms with van der Waals surface area (Å²) >= 11 is 1.48. The summed E-state index contributed by atoms with van der Waals surface area (Å²) < 4.78 is 35.3. The quantitative estimate of drug-likeness (QED) is 0.440. The lowest BCUT2D eigenvalue weighted by Crippen LogP contribution is -2.27. The number of fused-ring (bicyclic) bond motifs is 1. The van der Waals surface area contributed by atoms with Crippen molar-refractivity contribution in [3.8, 4) is 0 Å². The lowest BCUT2D eigenvalue weighted by atomic mass is 10.2. The second kappa shape index (κ2) is 8.53. The summed E-state index contributed by atoms with van der Waals surface area (Å²) in [5, 5.41) is 8.99. The average Bonchev–Trinajstić information content (AvgIpc) is 3.06. The molecule has 0 fully saturated rings. The molecule has 0 unspecified atom stereocenters. The van der Waals surface area contributed by atoms with Gasteiger partial charge >= 0.3 is 10.4 Å². The highest BCUT2D eigenvalue weighted by molar-refractivity contribution is 7.80. The van der Waals surface area contributed by atoms with Crippen molar-refractivity contribution in [1.82, 2.24) is 4.98 Å². The number of anilines is 1. The number of aromatic nitrogens is 1. The van der Waals surface area contributed by atoms with Crippen LogP contribution in [0.25, 0.3) is 10.2 Å². The SMILES string of the molecule is CCN(CCOS(=O)(=O)O)c1ccc(/N=N/c2nc3ccccc3s2)cc1. The van der Waals surface area contributed by atoms with E-state index >= 15 is 0 Å². The third-order valence-corrected chi connectivity index (χ3v) is 5.11. The van der Waals surface area contributed by atoms with Crippen LogP contribution in [0.4, 0.5) is 16.5 Å². The van der Waals surface area contributed by atoms with E-state index in [1.807, 2.05) is 60.4 Å². The van der Waals surface area contributed by atoms with Crippen LogP contribution in [-0.4, -0.2) is 37.7 Å². The van der Waals surface area contributed by atoms with Gasteiger partial charge in [-0.2, -0.15) is 8.42 Å². The minimum absolute atomic E-state index is 0.133. The maximum absolute atomic E-state index is 10.6. The summed E-state index contributed by atoms with van der Waals surface area (Å²) in [6.45, 7) is 2.78. The first-order valence-electron chi connectivity index (χ1n) is 8.19. The largest absolute Gasteiger partial charge is 0.397 e. The summed E-state index contributed by atoms with van der Waals surface area (Å²) in [7, 11) is -4.42. The van der Waals surface area contributed by atoms with E-state index in [1.54, 1.807) is 0 Å². The molecule has 10 heteroatoms. The van der Waals surface area contributed by atoms with Crippen molar-refractivity contribution in [2.24, 2.45) is 10.2 Å². The molecule has 3 rings (SSSR count). The van der Waals surface area contributed by atoms with Crippen LogP contribution in [0.1, 0.15) is 6.92 Å². The van der Waals surface area contributed by atoms with Crippen molar-refractivity contribution in [1.29, 1.82) is 0 Å². The molecule has 0 amide bonds. The highest BCUT2D eigenvalue weighted by atomic mass is 32.3. The lowest BCUT2D eigenvalue weighted by molar-refractivity contribution is 0.274. The molecule has 27 heavy (non-hydrogen) atoms. The Bertz CT molecular complexity index is 1000. The van der Waals surface area contributed by atoms with Crippen LogP contribution in [0.3, 0.4) is 0 Å². The lowest BCUT2D eigenvalue weighted by Gasteiger charge is -2.22. The highest BCUT2D eigenvalue weighted by Gasteiger charge is 2.08. The van der Waals surface area contributed by atoms with Crippen LogP contribution in [0.15, 0.2) is 58.8 Å². The summed E-state index contributed by atoms with van der Waals surface area (Å²) in [4.78, 5) is 6.32. The molecule has 0 bridgehead atoms. The fourth-order valence-electron chi connectivity index (χ4n) is 2.46. The normalized spacial score (nSPS) is 12.1. The van der Waals surface area contributed by atoms with E-state index < -0.39 is 10.4 Å². The predicted octanol–water partition coefficient (Wildman–Crippen LogP) is 4.36. The van der Waals surface area contributed by atoms with Crippen molar-refractivity contribution >= 4 is 48.5 Å². The minimum atomic E-state index is -4.42. The molecule has 0 radical (unpaired) electrons. The Morgan fingerprint density at radius 2 is 1.89 bits per heavy atom. The third-order valence-electron chi connectivity index (χ3n) is 3.72. The Labute approximate surface area is 161 Å². The number of azo groups is 1. The van der Waals surface area contributed by atoms with Crippen LogP contribution in [0, 0.1) is 0 Å². The highest BCUT2D eigenvalue weighted by Crippen LogP contribution is 2.29. The number of thiazole rings is 1. The molecule has 0 aliphatic rings. The zero-order valence-electron chi connectivity index (χ0n) is 14.5. The van der Waals surface area contributed by atoms with E-state index in [0.717, 1.165) is 15.9 Å². The van der Waals surface area contributed by atoms with Crippen molar-refractivity contribution in [2.75, 3.05) is 24.6 Å². The Hall–Kier alpha value is -2.40. The smallest absolute Gasteiger partial charge is 0.369 e. The van der Waals surface area contributed by atoms with Gasteiger partial charge in [-0.3, -0.25) is 4.55 Å². The third kappa shape index (κ3) is 5.54. The number of likely N-dealkylation sites (N-methyl/N-ethyl adjacent to an activating group) is 1. The van der Waals surface area contributed by atoms with Crippen LogP contribution in [-0.2, 0) is 14.6 Å². The molecule has 1 heterocycles. The average molecular weight is 406 g/mol. The van der Waals surface area contributed by atoms with Crippen molar-refractivity contribution < 1.29 is 17.2 Å². The molecule has 0 atom stereocenters. The van der Waals surface area contributed by atoms with E-state index in [1.165, 1.54) is 11.3 Å². The van der Waals surface area contributed by atoms with E-state index in [9.17, 15) is 8.42 Å². The van der Waals surface area contributed by atoms with Gasteiger partial charge in [-0.15, -0.1) is 10.2 Å². The van der Waals surface area contributed by atoms with Crippen LogP contribution >= 0.6 is 11.3 Å². The molecule has 1 N–H and O–H groups in total. The van der Waals surface area contributed by atoms with Gasteiger partial charge in [-0.05, 0) is 43.3 Å². The van der Waals surface area contributed by atoms with Gasteiger partial charge in [0.2, 0.25) is 5.13 Å². The first kappa shape index (κ1) is 19.4. The molecule has 0 saturated heterocycles. The van der Waals surface area contributed by atoms with Crippen LogP contribution < -0.4 is 4.90 Å². The monoisotopic (exact) mass is 406 g/mol. The summed E-state index contributed by atoms with van der Waals surface area (Å²) in [6.07, 6.45) is 0. The molecule has 0 saturated carbocycles. The molecule has 142 valence electrons. The van der Waals surface area contributed by atoms with Gasteiger partial charge in [0.15, 0.2) is 0 Å². The number of hydrogen-bond acceptors (Lipinski definition) is 8. The second-order valence-corrected chi connectivity index (χ2v) is 7.61. The van der Waals surface area contributed by atoms with Crippen LogP contribution in [0.5, 0.6) is 0 Å². The van der Waals surface area contributed by atoms with E-state index in [2.05, 4.69) is 19.4 Å². The van der Waals surface area contributed by atoms with Gasteiger partial charge in [0, 0.05) is 18.8 Å². The molecule has 0 aliphatic carbocycles. The number of benzene rings is 2. The fraction of sp³-hybridized carbons (Fsp3) is 0.235. The molecular weight excluding hydrogens is 388 g/mol. The molecule has 0 spiro atoms. The molecule has 3 aromatic rings.